The molecule has 0 aliphatic carbocycles. The average molecular weight is 264 g/mol. The van der Waals surface area contributed by atoms with Gasteiger partial charge in [0.15, 0.2) is 5.84 Å². The number of nitrogens with zero attached hydrogens (tertiary/aromatic N) is 3. The van der Waals surface area contributed by atoms with E-state index in [2.05, 4.69) is 5.16 Å². The largest absolute Gasteiger partial charge is 0.409 e. The van der Waals surface area contributed by atoms with Crippen LogP contribution in [0.4, 0.5) is 5.69 Å². The maximum absolute atomic E-state index is 12.2. The van der Waals surface area contributed by atoms with Crippen LogP contribution in [0.15, 0.2) is 29.4 Å². The summed E-state index contributed by atoms with van der Waals surface area (Å²) in [6.07, 6.45) is 0. The van der Waals surface area contributed by atoms with Gasteiger partial charge < -0.3 is 20.7 Å². The van der Waals surface area contributed by atoms with Gasteiger partial charge in [-0.3, -0.25) is 4.79 Å². The molecule has 19 heavy (non-hydrogen) atoms. The summed E-state index contributed by atoms with van der Waals surface area (Å²) >= 11 is 0. The van der Waals surface area contributed by atoms with E-state index in [0.717, 1.165) is 5.69 Å². The number of anilines is 1. The van der Waals surface area contributed by atoms with Crippen LogP contribution >= 0.6 is 0 Å². The highest BCUT2D eigenvalue weighted by atomic mass is 16.4. The predicted molar refractivity (Wildman–Crippen MR) is 75.8 cm³/mol. The number of rotatable bonds is 5. The van der Waals surface area contributed by atoms with Gasteiger partial charge in [-0.2, -0.15) is 0 Å². The molecular weight excluding hydrogens is 244 g/mol. The number of carbonyl (C=O) groups excluding carboxylic acids is 1. The molecule has 1 aromatic rings. The van der Waals surface area contributed by atoms with Gasteiger partial charge in [-0.25, -0.2) is 0 Å². The third-order valence-corrected chi connectivity index (χ3v) is 2.78. The van der Waals surface area contributed by atoms with Gasteiger partial charge in [0.2, 0.25) is 0 Å². The fraction of sp³-hybridized carbons (Fsp3) is 0.385. The number of nitrogens with two attached hydrogens (primary N) is 1. The Kier molecular flexibility index (Phi) is 5.17. The minimum absolute atomic E-state index is 0.0140. The van der Waals surface area contributed by atoms with Gasteiger partial charge in [0.05, 0.1) is 6.54 Å². The SMILES string of the molecule is CCN(CC(N)=NO)C(=O)c1ccc(N(C)C)cc1. The highest BCUT2D eigenvalue weighted by Crippen LogP contribution is 2.13. The lowest BCUT2D eigenvalue weighted by Crippen LogP contribution is -2.38. The van der Waals surface area contributed by atoms with Gasteiger partial charge in [-0.05, 0) is 31.2 Å². The summed E-state index contributed by atoms with van der Waals surface area (Å²) in [7, 11) is 3.88. The molecule has 104 valence electrons. The Labute approximate surface area is 113 Å². The van der Waals surface area contributed by atoms with E-state index in [0.29, 0.717) is 12.1 Å². The Morgan fingerprint density at radius 1 is 1.32 bits per heavy atom. The van der Waals surface area contributed by atoms with Crippen molar-refractivity contribution in [1.82, 2.24) is 4.90 Å². The molecule has 0 aromatic heterocycles. The van der Waals surface area contributed by atoms with Crippen molar-refractivity contribution in [3.63, 3.8) is 0 Å². The summed E-state index contributed by atoms with van der Waals surface area (Å²) in [6.45, 7) is 2.45. The number of carbonyl (C=O) groups is 1. The third-order valence-electron chi connectivity index (χ3n) is 2.78. The highest BCUT2D eigenvalue weighted by molar-refractivity contribution is 5.97. The fourth-order valence-electron chi connectivity index (χ4n) is 1.64. The Bertz CT molecular complexity index is 454. The van der Waals surface area contributed by atoms with E-state index in [4.69, 9.17) is 10.9 Å². The summed E-state index contributed by atoms with van der Waals surface area (Å²) in [6, 6.07) is 7.30. The van der Waals surface area contributed by atoms with Crippen molar-refractivity contribution in [2.75, 3.05) is 32.1 Å². The lowest BCUT2D eigenvalue weighted by atomic mass is 10.1. The molecule has 0 saturated carbocycles. The van der Waals surface area contributed by atoms with Crippen LogP contribution in [0.2, 0.25) is 0 Å². The number of likely N-dealkylation sites (N-methyl/N-ethyl adjacent to an activating group) is 1. The van der Waals surface area contributed by atoms with Gasteiger partial charge in [0.1, 0.15) is 0 Å². The van der Waals surface area contributed by atoms with Crippen LogP contribution in [0.1, 0.15) is 17.3 Å². The van der Waals surface area contributed by atoms with Gasteiger partial charge in [-0.1, -0.05) is 5.16 Å². The molecule has 0 bridgehead atoms. The molecule has 0 heterocycles. The molecule has 0 spiro atoms. The first-order valence-electron chi connectivity index (χ1n) is 6.02. The number of oxime groups is 1. The highest BCUT2D eigenvalue weighted by Gasteiger charge is 2.15. The summed E-state index contributed by atoms with van der Waals surface area (Å²) in [5.41, 5.74) is 7.03. The maximum atomic E-state index is 12.2. The van der Waals surface area contributed by atoms with Crippen LogP contribution < -0.4 is 10.6 Å². The van der Waals surface area contributed by atoms with E-state index in [1.807, 2.05) is 38.1 Å². The monoisotopic (exact) mass is 264 g/mol. The summed E-state index contributed by atoms with van der Waals surface area (Å²) in [5, 5.41) is 11.4. The van der Waals surface area contributed by atoms with Gasteiger partial charge in [-0.15, -0.1) is 0 Å². The van der Waals surface area contributed by atoms with E-state index in [1.54, 1.807) is 12.1 Å². The van der Waals surface area contributed by atoms with Crippen molar-refractivity contribution >= 4 is 17.4 Å². The minimum Gasteiger partial charge on any atom is -0.409 e. The van der Waals surface area contributed by atoms with E-state index in [9.17, 15) is 4.79 Å². The second kappa shape index (κ2) is 6.63. The van der Waals surface area contributed by atoms with Gasteiger partial charge in [0.25, 0.3) is 5.91 Å². The zero-order valence-electron chi connectivity index (χ0n) is 11.5. The standard InChI is InChI=1S/C13H20N4O2/c1-4-17(9-12(14)15-19)13(18)10-5-7-11(8-6-10)16(2)3/h5-8,19H,4,9H2,1-3H3,(H2,14,15). The topological polar surface area (TPSA) is 82.2 Å². The van der Waals surface area contributed by atoms with Crippen molar-refractivity contribution in [2.24, 2.45) is 10.9 Å². The molecular formula is C13H20N4O2. The Morgan fingerprint density at radius 2 is 1.89 bits per heavy atom. The molecule has 0 radical (unpaired) electrons. The summed E-state index contributed by atoms with van der Waals surface area (Å²) in [4.78, 5) is 15.7. The Hall–Kier alpha value is -2.24. The molecule has 0 saturated heterocycles. The molecule has 1 rings (SSSR count). The van der Waals surface area contributed by atoms with E-state index in [-0.39, 0.29) is 18.3 Å². The smallest absolute Gasteiger partial charge is 0.254 e. The van der Waals surface area contributed by atoms with Crippen LogP contribution in [-0.2, 0) is 0 Å². The first kappa shape index (κ1) is 14.8. The Morgan fingerprint density at radius 3 is 2.32 bits per heavy atom. The van der Waals surface area contributed by atoms with Crippen molar-refractivity contribution in [1.29, 1.82) is 0 Å². The third kappa shape index (κ3) is 3.87. The molecule has 0 unspecified atom stereocenters. The normalized spacial score (nSPS) is 11.2. The summed E-state index contributed by atoms with van der Waals surface area (Å²) < 4.78 is 0. The zero-order valence-corrected chi connectivity index (χ0v) is 11.5. The molecule has 0 aliphatic heterocycles. The van der Waals surface area contributed by atoms with Crippen molar-refractivity contribution in [2.45, 2.75) is 6.92 Å². The molecule has 6 heteroatoms. The quantitative estimate of drug-likeness (QED) is 0.359. The van der Waals surface area contributed by atoms with E-state index >= 15 is 0 Å². The molecule has 6 nitrogen and oxygen atoms in total. The molecule has 3 N–H and O–H groups in total. The Balaban J connectivity index is 2.85. The van der Waals surface area contributed by atoms with Crippen LogP contribution in [0, 0.1) is 0 Å². The average Bonchev–Trinajstić information content (AvgIpc) is 2.43. The van der Waals surface area contributed by atoms with E-state index < -0.39 is 0 Å². The fourth-order valence-corrected chi connectivity index (χ4v) is 1.64. The van der Waals surface area contributed by atoms with Crippen LogP contribution in [0.3, 0.4) is 0 Å². The van der Waals surface area contributed by atoms with Crippen LogP contribution in [-0.4, -0.2) is 49.0 Å². The van der Waals surface area contributed by atoms with Gasteiger partial charge in [0, 0.05) is 31.9 Å². The molecule has 1 aromatic carbocycles. The number of amidine groups is 1. The number of benzene rings is 1. The molecule has 0 atom stereocenters. The van der Waals surface area contributed by atoms with Crippen molar-refractivity contribution in [3.8, 4) is 0 Å². The summed E-state index contributed by atoms with van der Waals surface area (Å²) in [5.74, 6) is -0.125. The second-order valence-corrected chi connectivity index (χ2v) is 4.35. The first-order chi connectivity index (χ1) is 8.99. The van der Waals surface area contributed by atoms with Crippen LogP contribution in [0.5, 0.6) is 0 Å². The lowest BCUT2D eigenvalue weighted by molar-refractivity contribution is 0.0786. The minimum atomic E-state index is -0.139. The van der Waals surface area contributed by atoms with Gasteiger partial charge >= 0.3 is 0 Å². The molecule has 1 amide bonds. The zero-order chi connectivity index (χ0) is 14.4. The van der Waals surface area contributed by atoms with Crippen LogP contribution in [0.25, 0.3) is 0 Å². The molecule has 0 fully saturated rings. The number of amides is 1. The number of hydrogen-bond acceptors (Lipinski definition) is 4. The lowest BCUT2D eigenvalue weighted by Gasteiger charge is -2.20. The maximum Gasteiger partial charge on any atom is 0.254 e. The predicted octanol–water partition coefficient (Wildman–Crippen LogP) is 0.961. The number of hydrogen-bond donors (Lipinski definition) is 2. The van der Waals surface area contributed by atoms with Crippen molar-refractivity contribution in [3.05, 3.63) is 29.8 Å². The van der Waals surface area contributed by atoms with E-state index in [1.165, 1.54) is 4.90 Å². The second-order valence-electron chi connectivity index (χ2n) is 4.35. The molecule has 0 aliphatic rings. The van der Waals surface area contributed by atoms with Crippen molar-refractivity contribution < 1.29 is 10.0 Å². The first-order valence-corrected chi connectivity index (χ1v) is 6.02.